The van der Waals surface area contributed by atoms with Crippen LogP contribution in [0.3, 0.4) is 0 Å². The van der Waals surface area contributed by atoms with Crippen molar-refractivity contribution in [3.63, 3.8) is 0 Å². The summed E-state index contributed by atoms with van der Waals surface area (Å²) in [6, 6.07) is 8.11. The van der Waals surface area contributed by atoms with Crippen molar-refractivity contribution in [2.24, 2.45) is 0 Å². The van der Waals surface area contributed by atoms with E-state index in [1.165, 1.54) is 7.11 Å². The number of likely N-dealkylation sites (N-methyl/N-ethyl adjacent to an activating group) is 1. The number of methoxy groups -OCH3 is 1. The molecular formula is C17H24N2O5. The number of benzene rings is 1. The van der Waals surface area contributed by atoms with Gasteiger partial charge in [0.2, 0.25) is 5.91 Å². The van der Waals surface area contributed by atoms with E-state index < -0.39 is 29.9 Å². The van der Waals surface area contributed by atoms with E-state index in [-0.39, 0.29) is 12.8 Å². The van der Waals surface area contributed by atoms with Crippen molar-refractivity contribution in [3.8, 4) is 0 Å². The lowest BCUT2D eigenvalue weighted by Crippen LogP contribution is -2.49. The fourth-order valence-electron chi connectivity index (χ4n) is 2.34. The van der Waals surface area contributed by atoms with Crippen LogP contribution >= 0.6 is 0 Å². The van der Waals surface area contributed by atoms with E-state index in [1.54, 1.807) is 6.92 Å². The number of carboxylic acids is 1. The summed E-state index contributed by atoms with van der Waals surface area (Å²) in [5.41, 5.74) is 0.963. The van der Waals surface area contributed by atoms with Crippen LogP contribution in [0.15, 0.2) is 30.3 Å². The van der Waals surface area contributed by atoms with Crippen LogP contribution in [-0.4, -0.2) is 48.7 Å². The summed E-state index contributed by atoms with van der Waals surface area (Å²) < 4.78 is 4.67. The first-order valence-electron chi connectivity index (χ1n) is 7.82. The summed E-state index contributed by atoms with van der Waals surface area (Å²) in [5.74, 6) is -1.94. The second-order valence-corrected chi connectivity index (χ2v) is 5.38. The number of carboxylic acid groups (broad SMARTS) is 1. The number of rotatable bonds is 10. The number of aliphatic carboxylic acids is 1. The van der Waals surface area contributed by atoms with Crippen LogP contribution in [0.5, 0.6) is 0 Å². The quantitative estimate of drug-likeness (QED) is 0.544. The van der Waals surface area contributed by atoms with Crippen LogP contribution in [0.2, 0.25) is 0 Å². The Kier molecular flexibility index (Phi) is 8.49. The summed E-state index contributed by atoms with van der Waals surface area (Å²) >= 11 is 0. The standard InChI is InChI=1S/C17H24N2O5/c1-3-18-14(11-15(20)21)17(23)19-13(10-16(22)24-2)9-12-7-5-4-6-8-12/h4-8,13-14,18H,3,9-11H2,1-2H3,(H,19,23)(H,20,21)/t13-,14-/m1/s1. The zero-order valence-corrected chi connectivity index (χ0v) is 14.0. The fourth-order valence-corrected chi connectivity index (χ4v) is 2.34. The minimum Gasteiger partial charge on any atom is -0.481 e. The minimum atomic E-state index is -1.07. The molecule has 0 spiro atoms. The smallest absolute Gasteiger partial charge is 0.307 e. The Morgan fingerprint density at radius 2 is 1.83 bits per heavy atom. The van der Waals surface area contributed by atoms with Crippen LogP contribution in [0.1, 0.15) is 25.3 Å². The number of ether oxygens (including phenoxy) is 1. The van der Waals surface area contributed by atoms with Gasteiger partial charge in [0.05, 0.1) is 26.0 Å². The maximum atomic E-state index is 12.4. The Bertz CT molecular complexity index is 547. The second-order valence-electron chi connectivity index (χ2n) is 5.38. The second kappa shape index (κ2) is 10.4. The highest BCUT2D eigenvalue weighted by Gasteiger charge is 2.24. The van der Waals surface area contributed by atoms with Gasteiger partial charge in [-0.3, -0.25) is 14.4 Å². The molecule has 3 N–H and O–H groups in total. The number of amides is 1. The highest BCUT2D eigenvalue weighted by molar-refractivity contribution is 5.86. The molecule has 0 saturated carbocycles. The van der Waals surface area contributed by atoms with Crippen LogP contribution in [0.25, 0.3) is 0 Å². The number of carbonyl (C=O) groups is 3. The molecule has 24 heavy (non-hydrogen) atoms. The third kappa shape index (κ3) is 7.23. The Morgan fingerprint density at radius 3 is 2.38 bits per heavy atom. The van der Waals surface area contributed by atoms with Gasteiger partial charge in [0.1, 0.15) is 0 Å². The third-order valence-corrected chi connectivity index (χ3v) is 3.46. The average molecular weight is 336 g/mol. The summed E-state index contributed by atoms with van der Waals surface area (Å²) in [7, 11) is 1.29. The first-order valence-corrected chi connectivity index (χ1v) is 7.82. The molecule has 0 aliphatic heterocycles. The average Bonchev–Trinajstić information content (AvgIpc) is 2.54. The molecular weight excluding hydrogens is 312 g/mol. The van der Waals surface area contributed by atoms with Gasteiger partial charge in [0.15, 0.2) is 0 Å². The summed E-state index contributed by atoms with van der Waals surface area (Å²) in [5, 5.41) is 14.5. The summed E-state index contributed by atoms with van der Waals surface area (Å²) in [6.45, 7) is 2.25. The molecule has 0 bridgehead atoms. The van der Waals surface area contributed by atoms with Crippen molar-refractivity contribution in [1.29, 1.82) is 0 Å². The van der Waals surface area contributed by atoms with Gasteiger partial charge in [0, 0.05) is 6.04 Å². The Hall–Kier alpha value is -2.41. The topological polar surface area (TPSA) is 105 Å². The Balaban J connectivity index is 2.79. The van der Waals surface area contributed by atoms with E-state index in [9.17, 15) is 14.4 Å². The molecule has 0 saturated heterocycles. The van der Waals surface area contributed by atoms with Crippen molar-refractivity contribution in [2.75, 3.05) is 13.7 Å². The van der Waals surface area contributed by atoms with Crippen LogP contribution in [0.4, 0.5) is 0 Å². The van der Waals surface area contributed by atoms with E-state index in [1.807, 2.05) is 30.3 Å². The third-order valence-electron chi connectivity index (χ3n) is 3.46. The SMILES string of the molecule is CCN[C@H](CC(=O)O)C(=O)N[C@@H](CC(=O)OC)Cc1ccccc1. The lowest BCUT2D eigenvalue weighted by atomic mass is 10.0. The summed E-state index contributed by atoms with van der Waals surface area (Å²) in [4.78, 5) is 34.8. The van der Waals surface area contributed by atoms with Gasteiger partial charge >= 0.3 is 11.9 Å². The van der Waals surface area contributed by atoms with Gasteiger partial charge in [-0.15, -0.1) is 0 Å². The molecule has 1 aromatic rings. The van der Waals surface area contributed by atoms with Crippen molar-refractivity contribution in [2.45, 2.75) is 38.3 Å². The minimum absolute atomic E-state index is 0.0169. The molecule has 132 valence electrons. The molecule has 7 heteroatoms. The highest BCUT2D eigenvalue weighted by Crippen LogP contribution is 2.08. The van der Waals surface area contributed by atoms with Crippen molar-refractivity contribution in [1.82, 2.24) is 10.6 Å². The predicted molar refractivity (Wildman–Crippen MR) is 88.4 cm³/mol. The molecule has 7 nitrogen and oxygen atoms in total. The van der Waals surface area contributed by atoms with E-state index in [0.29, 0.717) is 13.0 Å². The van der Waals surface area contributed by atoms with Crippen molar-refractivity contribution >= 4 is 17.8 Å². The number of esters is 1. The lowest BCUT2D eigenvalue weighted by Gasteiger charge is -2.22. The first kappa shape index (κ1) is 19.6. The molecule has 1 rings (SSSR count). The van der Waals surface area contributed by atoms with E-state index >= 15 is 0 Å². The molecule has 0 radical (unpaired) electrons. The molecule has 0 aliphatic carbocycles. The highest BCUT2D eigenvalue weighted by atomic mass is 16.5. The number of hydrogen-bond donors (Lipinski definition) is 3. The maximum absolute atomic E-state index is 12.4. The zero-order valence-electron chi connectivity index (χ0n) is 14.0. The Labute approximate surface area is 141 Å². The number of nitrogens with one attached hydrogen (secondary N) is 2. The molecule has 1 amide bonds. The monoisotopic (exact) mass is 336 g/mol. The lowest BCUT2D eigenvalue weighted by molar-refractivity contribution is -0.142. The zero-order chi connectivity index (χ0) is 17.9. The van der Waals surface area contributed by atoms with Gasteiger partial charge in [-0.25, -0.2) is 0 Å². The van der Waals surface area contributed by atoms with Crippen LogP contribution in [0, 0.1) is 0 Å². The van der Waals surface area contributed by atoms with E-state index in [4.69, 9.17) is 5.11 Å². The van der Waals surface area contributed by atoms with Crippen molar-refractivity contribution < 1.29 is 24.2 Å². The Morgan fingerprint density at radius 1 is 1.17 bits per heavy atom. The van der Waals surface area contributed by atoms with Gasteiger partial charge in [-0.05, 0) is 18.5 Å². The molecule has 0 unspecified atom stereocenters. The van der Waals surface area contributed by atoms with Gasteiger partial charge in [-0.2, -0.15) is 0 Å². The van der Waals surface area contributed by atoms with E-state index in [2.05, 4.69) is 15.4 Å². The normalized spacial score (nSPS) is 12.9. The number of carbonyl (C=O) groups excluding carboxylic acids is 2. The van der Waals surface area contributed by atoms with Gasteiger partial charge < -0.3 is 20.5 Å². The fraction of sp³-hybridized carbons (Fsp3) is 0.471. The number of hydrogen-bond acceptors (Lipinski definition) is 5. The van der Waals surface area contributed by atoms with Crippen molar-refractivity contribution in [3.05, 3.63) is 35.9 Å². The van der Waals surface area contributed by atoms with Crippen LogP contribution < -0.4 is 10.6 Å². The molecule has 0 aliphatic rings. The maximum Gasteiger partial charge on any atom is 0.307 e. The predicted octanol–water partition coefficient (Wildman–Crippen LogP) is 0.730. The molecule has 0 aromatic heterocycles. The van der Waals surface area contributed by atoms with Gasteiger partial charge in [-0.1, -0.05) is 37.3 Å². The van der Waals surface area contributed by atoms with Crippen LogP contribution in [-0.2, 0) is 25.5 Å². The van der Waals surface area contributed by atoms with E-state index in [0.717, 1.165) is 5.56 Å². The molecule has 0 heterocycles. The molecule has 0 fully saturated rings. The van der Waals surface area contributed by atoms with Gasteiger partial charge in [0.25, 0.3) is 0 Å². The molecule has 1 aromatic carbocycles. The molecule has 2 atom stereocenters. The first-order chi connectivity index (χ1) is 11.5. The summed E-state index contributed by atoms with van der Waals surface area (Å²) in [6.07, 6.45) is 0.145. The largest absolute Gasteiger partial charge is 0.481 e.